The smallest absolute Gasteiger partial charge is 0.227 e. The number of piperidine rings is 1. The van der Waals surface area contributed by atoms with Crippen molar-refractivity contribution < 1.29 is 9.59 Å². The molecule has 2 saturated heterocycles. The number of carbonyl (C=O) groups excluding carboxylic acids is 2. The molecule has 2 fully saturated rings. The molecule has 0 aliphatic carbocycles. The summed E-state index contributed by atoms with van der Waals surface area (Å²) in [6, 6.07) is 7.54. The summed E-state index contributed by atoms with van der Waals surface area (Å²) in [6.07, 6.45) is 5.37. The van der Waals surface area contributed by atoms with Gasteiger partial charge in [0.1, 0.15) is 0 Å². The highest BCUT2D eigenvalue weighted by Crippen LogP contribution is 2.29. The lowest BCUT2D eigenvalue weighted by Crippen LogP contribution is -2.42. The van der Waals surface area contributed by atoms with Crippen LogP contribution in [-0.4, -0.2) is 56.2 Å². The van der Waals surface area contributed by atoms with Crippen molar-refractivity contribution in [2.75, 3.05) is 25.4 Å². The summed E-state index contributed by atoms with van der Waals surface area (Å²) in [5, 5.41) is 0. The normalized spacial score (nSPS) is 20.6. The van der Waals surface area contributed by atoms with Crippen molar-refractivity contribution in [3.8, 4) is 0 Å². The van der Waals surface area contributed by atoms with Gasteiger partial charge in [0.2, 0.25) is 17.8 Å². The van der Waals surface area contributed by atoms with E-state index in [1.54, 1.807) is 17.3 Å². The first kappa shape index (κ1) is 18.3. The molecule has 2 amide bonds. The molecule has 2 aliphatic rings. The first-order valence-electron chi connectivity index (χ1n) is 9.65. The van der Waals surface area contributed by atoms with Crippen LogP contribution in [0.4, 0.5) is 5.95 Å². The third-order valence-corrected chi connectivity index (χ3v) is 5.56. The fourth-order valence-electron chi connectivity index (χ4n) is 4.05. The van der Waals surface area contributed by atoms with Gasteiger partial charge in [0.05, 0.1) is 18.2 Å². The summed E-state index contributed by atoms with van der Waals surface area (Å²) in [4.78, 5) is 41.4. The summed E-state index contributed by atoms with van der Waals surface area (Å²) in [7, 11) is 0. The van der Waals surface area contributed by atoms with Gasteiger partial charge >= 0.3 is 0 Å². The van der Waals surface area contributed by atoms with Crippen LogP contribution in [0.2, 0.25) is 0 Å². The quantitative estimate of drug-likeness (QED) is 0.855. The van der Waals surface area contributed by atoms with E-state index in [0.29, 0.717) is 32.1 Å². The molecular weight excluding hydrogens is 356 g/mol. The molecule has 0 bridgehead atoms. The van der Waals surface area contributed by atoms with Gasteiger partial charge in [0.25, 0.3) is 0 Å². The Morgan fingerprint density at radius 3 is 2.68 bits per heavy atom. The van der Waals surface area contributed by atoms with Gasteiger partial charge in [-0.2, -0.15) is 0 Å². The molecule has 4 rings (SSSR count). The van der Waals surface area contributed by atoms with Crippen molar-refractivity contribution in [2.24, 2.45) is 5.92 Å². The number of anilines is 1. The molecule has 2 aliphatic heterocycles. The summed E-state index contributed by atoms with van der Waals surface area (Å²) in [5.74, 6) is 0.420. The van der Waals surface area contributed by atoms with E-state index < -0.39 is 0 Å². The molecule has 2 N–H and O–H groups in total. The highest BCUT2D eigenvalue weighted by Gasteiger charge is 2.37. The number of hydrogen-bond donors (Lipinski definition) is 1. The number of aromatic nitrogens is 3. The zero-order valence-electron chi connectivity index (χ0n) is 15.7. The van der Waals surface area contributed by atoms with Gasteiger partial charge in [-0.3, -0.25) is 14.6 Å². The SMILES string of the molecule is Nc1nccc(C2CCN(C(=O)C3CC(=O)N(Cc4ccccn4)C3)CC2)n1. The van der Waals surface area contributed by atoms with E-state index in [0.717, 1.165) is 24.2 Å². The Morgan fingerprint density at radius 2 is 1.96 bits per heavy atom. The topological polar surface area (TPSA) is 105 Å². The van der Waals surface area contributed by atoms with Crippen molar-refractivity contribution in [2.45, 2.75) is 31.7 Å². The molecule has 4 heterocycles. The maximum Gasteiger partial charge on any atom is 0.227 e. The van der Waals surface area contributed by atoms with Crippen LogP contribution in [0.3, 0.4) is 0 Å². The lowest BCUT2D eigenvalue weighted by Gasteiger charge is -2.33. The van der Waals surface area contributed by atoms with Gasteiger partial charge in [-0.25, -0.2) is 9.97 Å². The Bertz CT molecular complexity index is 851. The molecule has 1 unspecified atom stereocenters. The Labute approximate surface area is 163 Å². The predicted octanol–water partition coefficient (Wildman–Crippen LogP) is 1.21. The van der Waals surface area contributed by atoms with Crippen molar-refractivity contribution in [3.63, 3.8) is 0 Å². The van der Waals surface area contributed by atoms with Crippen molar-refractivity contribution in [1.82, 2.24) is 24.8 Å². The molecule has 0 saturated carbocycles. The van der Waals surface area contributed by atoms with Crippen LogP contribution in [0.15, 0.2) is 36.7 Å². The second kappa shape index (κ2) is 7.92. The number of hydrogen-bond acceptors (Lipinski definition) is 6. The van der Waals surface area contributed by atoms with E-state index >= 15 is 0 Å². The number of likely N-dealkylation sites (tertiary alicyclic amines) is 2. The van der Waals surface area contributed by atoms with E-state index in [1.807, 2.05) is 29.2 Å². The lowest BCUT2D eigenvalue weighted by molar-refractivity contribution is -0.136. The fraction of sp³-hybridized carbons (Fsp3) is 0.450. The first-order chi connectivity index (χ1) is 13.6. The molecule has 2 aromatic heterocycles. The van der Waals surface area contributed by atoms with Gasteiger partial charge in [-0.1, -0.05) is 6.07 Å². The van der Waals surface area contributed by atoms with Crippen LogP contribution in [0, 0.1) is 5.92 Å². The number of nitrogens with two attached hydrogens (primary N) is 1. The number of pyridine rings is 1. The number of nitrogens with zero attached hydrogens (tertiary/aromatic N) is 5. The third kappa shape index (κ3) is 3.95. The second-order valence-electron chi connectivity index (χ2n) is 7.44. The summed E-state index contributed by atoms with van der Waals surface area (Å²) >= 11 is 0. The summed E-state index contributed by atoms with van der Waals surface area (Å²) in [6.45, 7) is 2.29. The Hall–Kier alpha value is -3.03. The van der Waals surface area contributed by atoms with Gasteiger partial charge in [0.15, 0.2) is 0 Å². The average Bonchev–Trinajstić information content (AvgIpc) is 3.08. The number of rotatable bonds is 4. The zero-order chi connectivity index (χ0) is 19.5. The van der Waals surface area contributed by atoms with Crippen molar-refractivity contribution in [3.05, 3.63) is 48.0 Å². The van der Waals surface area contributed by atoms with Crippen LogP contribution in [0.1, 0.15) is 36.6 Å². The molecular formula is C20H24N6O2. The predicted molar refractivity (Wildman–Crippen MR) is 103 cm³/mol. The average molecular weight is 380 g/mol. The summed E-state index contributed by atoms with van der Waals surface area (Å²) < 4.78 is 0. The third-order valence-electron chi connectivity index (χ3n) is 5.56. The number of amides is 2. The minimum absolute atomic E-state index is 0.0235. The van der Waals surface area contributed by atoms with E-state index in [9.17, 15) is 9.59 Å². The fourth-order valence-corrected chi connectivity index (χ4v) is 4.05. The Balaban J connectivity index is 1.32. The van der Waals surface area contributed by atoms with E-state index in [-0.39, 0.29) is 30.1 Å². The Morgan fingerprint density at radius 1 is 1.14 bits per heavy atom. The number of nitrogen functional groups attached to an aromatic ring is 1. The molecule has 0 spiro atoms. The largest absolute Gasteiger partial charge is 0.368 e. The Kier molecular flexibility index (Phi) is 5.18. The highest BCUT2D eigenvalue weighted by atomic mass is 16.2. The van der Waals surface area contributed by atoms with Crippen LogP contribution in [0.5, 0.6) is 0 Å². The van der Waals surface area contributed by atoms with E-state index in [4.69, 9.17) is 5.73 Å². The monoisotopic (exact) mass is 380 g/mol. The zero-order valence-corrected chi connectivity index (χ0v) is 15.7. The maximum absolute atomic E-state index is 12.9. The van der Waals surface area contributed by atoms with Crippen LogP contribution in [0.25, 0.3) is 0 Å². The molecule has 0 aromatic carbocycles. The molecule has 8 nitrogen and oxygen atoms in total. The van der Waals surface area contributed by atoms with Gasteiger partial charge in [0, 0.05) is 50.1 Å². The van der Waals surface area contributed by atoms with E-state index in [1.165, 1.54) is 0 Å². The first-order valence-corrected chi connectivity index (χ1v) is 9.65. The van der Waals surface area contributed by atoms with Crippen LogP contribution in [-0.2, 0) is 16.1 Å². The maximum atomic E-state index is 12.9. The van der Waals surface area contributed by atoms with Gasteiger partial charge < -0.3 is 15.5 Å². The minimum atomic E-state index is -0.262. The molecule has 146 valence electrons. The van der Waals surface area contributed by atoms with E-state index in [2.05, 4.69) is 15.0 Å². The molecule has 1 atom stereocenters. The van der Waals surface area contributed by atoms with Crippen LogP contribution >= 0.6 is 0 Å². The van der Waals surface area contributed by atoms with Gasteiger partial charge in [-0.05, 0) is 31.0 Å². The molecule has 28 heavy (non-hydrogen) atoms. The van der Waals surface area contributed by atoms with Gasteiger partial charge in [-0.15, -0.1) is 0 Å². The highest BCUT2D eigenvalue weighted by molar-refractivity contribution is 5.89. The summed E-state index contributed by atoms with van der Waals surface area (Å²) in [5.41, 5.74) is 7.46. The van der Waals surface area contributed by atoms with Crippen molar-refractivity contribution in [1.29, 1.82) is 0 Å². The minimum Gasteiger partial charge on any atom is -0.368 e. The molecule has 0 radical (unpaired) electrons. The van der Waals surface area contributed by atoms with Crippen molar-refractivity contribution >= 4 is 17.8 Å². The molecule has 2 aromatic rings. The van der Waals surface area contributed by atoms with Crippen LogP contribution < -0.4 is 5.73 Å². The molecule has 8 heteroatoms. The second-order valence-corrected chi connectivity index (χ2v) is 7.44. The lowest BCUT2D eigenvalue weighted by atomic mass is 9.92. The standard InChI is InChI=1S/C20H24N6O2/c21-20-23-8-4-17(24-20)14-5-9-25(10-6-14)19(28)15-11-18(27)26(12-15)13-16-3-1-2-7-22-16/h1-4,7-8,14-15H,5-6,9-13H2,(H2,21,23,24). The number of carbonyl (C=O) groups is 2.